The number of carbonyl (C=O) groups excluding carboxylic acids is 2. The van der Waals surface area contributed by atoms with Crippen molar-refractivity contribution in [3.05, 3.63) is 51.6 Å². The Kier molecular flexibility index (Phi) is 5.21. The van der Waals surface area contributed by atoms with E-state index >= 15 is 0 Å². The van der Waals surface area contributed by atoms with Crippen LogP contribution >= 0.6 is 22.6 Å². The quantitative estimate of drug-likeness (QED) is 0.529. The van der Waals surface area contributed by atoms with Gasteiger partial charge in [0.15, 0.2) is 6.61 Å². The molecule has 0 aliphatic carbocycles. The minimum absolute atomic E-state index is 0.125. The summed E-state index contributed by atoms with van der Waals surface area (Å²) in [5.41, 5.74) is 0.472. The number of hydrogen-bond acceptors (Lipinski definition) is 5. The minimum Gasteiger partial charge on any atom is -0.508 e. The second-order valence-electron chi connectivity index (χ2n) is 4.34. The molecule has 2 aromatic rings. The fourth-order valence-electron chi connectivity index (χ4n) is 1.66. The summed E-state index contributed by atoms with van der Waals surface area (Å²) in [6.07, 6.45) is 0. The van der Waals surface area contributed by atoms with Crippen LogP contribution in [0.25, 0.3) is 0 Å². The van der Waals surface area contributed by atoms with Gasteiger partial charge in [-0.25, -0.2) is 4.79 Å². The maximum absolute atomic E-state index is 11.7. The molecular weight excluding hydrogens is 401 g/mol. The second kappa shape index (κ2) is 7.12. The van der Waals surface area contributed by atoms with Gasteiger partial charge in [0.1, 0.15) is 17.1 Å². The zero-order valence-electron chi connectivity index (χ0n) is 11.2. The van der Waals surface area contributed by atoms with E-state index in [9.17, 15) is 14.7 Å². The molecule has 114 valence electrons. The van der Waals surface area contributed by atoms with Crippen molar-refractivity contribution in [1.29, 1.82) is 0 Å². The Labute approximate surface area is 139 Å². The van der Waals surface area contributed by atoms with Gasteiger partial charge in [0.25, 0.3) is 5.91 Å². The molecule has 7 heteroatoms. The number of phenols is 2. The van der Waals surface area contributed by atoms with E-state index in [1.54, 1.807) is 18.2 Å². The van der Waals surface area contributed by atoms with Crippen molar-refractivity contribution in [1.82, 2.24) is 0 Å². The first kappa shape index (κ1) is 16.1. The summed E-state index contributed by atoms with van der Waals surface area (Å²) in [6.45, 7) is -0.482. The van der Waals surface area contributed by atoms with Gasteiger partial charge in [-0.05, 0) is 52.9 Å². The zero-order valence-corrected chi connectivity index (χ0v) is 13.4. The van der Waals surface area contributed by atoms with Gasteiger partial charge in [0, 0.05) is 15.3 Å². The van der Waals surface area contributed by atoms with Crippen molar-refractivity contribution in [3.8, 4) is 11.5 Å². The predicted octanol–water partition coefficient (Wildman–Crippen LogP) is 2.50. The molecule has 3 N–H and O–H groups in total. The summed E-state index contributed by atoms with van der Waals surface area (Å²) < 4.78 is 5.78. The average molecular weight is 413 g/mol. The van der Waals surface area contributed by atoms with Crippen molar-refractivity contribution < 1.29 is 24.5 Å². The number of nitrogens with one attached hydrogen (secondary N) is 1. The molecule has 22 heavy (non-hydrogen) atoms. The maximum atomic E-state index is 11.7. The van der Waals surface area contributed by atoms with E-state index in [1.165, 1.54) is 12.1 Å². The molecule has 1 amide bonds. The summed E-state index contributed by atoms with van der Waals surface area (Å²) in [6, 6.07) is 10.6. The lowest BCUT2D eigenvalue weighted by atomic mass is 10.2. The molecule has 0 radical (unpaired) electrons. The van der Waals surface area contributed by atoms with E-state index in [-0.39, 0.29) is 11.3 Å². The Balaban J connectivity index is 1.92. The highest BCUT2D eigenvalue weighted by Crippen LogP contribution is 2.23. The summed E-state index contributed by atoms with van der Waals surface area (Å²) in [5.74, 6) is -1.93. The number of carbonyl (C=O) groups is 2. The number of halogens is 1. The first-order chi connectivity index (χ1) is 10.5. The van der Waals surface area contributed by atoms with Crippen LogP contribution in [0, 0.1) is 3.57 Å². The fraction of sp³-hybridized carbons (Fsp3) is 0.0667. The van der Waals surface area contributed by atoms with Crippen LogP contribution in [0.15, 0.2) is 42.5 Å². The Morgan fingerprint density at radius 1 is 1.14 bits per heavy atom. The number of anilines is 1. The van der Waals surface area contributed by atoms with Gasteiger partial charge in [0.2, 0.25) is 0 Å². The van der Waals surface area contributed by atoms with Gasteiger partial charge >= 0.3 is 5.97 Å². The molecular formula is C15H12INO5. The van der Waals surface area contributed by atoms with Crippen LogP contribution in [0.3, 0.4) is 0 Å². The molecule has 0 atom stereocenters. The molecule has 0 aliphatic heterocycles. The number of ether oxygens (including phenoxy) is 1. The van der Waals surface area contributed by atoms with Crippen LogP contribution in [0.2, 0.25) is 0 Å². The molecule has 0 bridgehead atoms. The normalized spacial score (nSPS) is 10.0. The molecule has 0 saturated heterocycles. The van der Waals surface area contributed by atoms with Gasteiger partial charge in [-0.1, -0.05) is 6.07 Å². The fourth-order valence-corrected chi connectivity index (χ4v) is 2.21. The van der Waals surface area contributed by atoms with Crippen LogP contribution in [-0.4, -0.2) is 28.7 Å². The second-order valence-corrected chi connectivity index (χ2v) is 5.58. The van der Waals surface area contributed by atoms with E-state index in [1.807, 2.05) is 6.07 Å². The highest BCUT2D eigenvalue weighted by Gasteiger charge is 2.15. The maximum Gasteiger partial charge on any atom is 0.342 e. The van der Waals surface area contributed by atoms with Crippen molar-refractivity contribution in [2.75, 3.05) is 11.9 Å². The van der Waals surface area contributed by atoms with E-state index in [2.05, 4.69) is 27.9 Å². The van der Waals surface area contributed by atoms with Gasteiger partial charge in [-0.2, -0.15) is 0 Å². The smallest absolute Gasteiger partial charge is 0.342 e. The Morgan fingerprint density at radius 2 is 1.91 bits per heavy atom. The van der Waals surface area contributed by atoms with E-state index in [4.69, 9.17) is 9.84 Å². The molecule has 0 saturated carbocycles. The van der Waals surface area contributed by atoms with Crippen LogP contribution in [-0.2, 0) is 9.53 Å². The number of rotatable bonds is 4. The monoisotopic (exact) mass is 413 g/mol. The van der Waals surface area contributed by atoms with Crippen LogP contribution < -0.4 is 5.32 Å². The number of benzene rings is 2. The van der Waals surface area contributed by atoms with Crippen LogP contribution in [0.5, 0.6) is 11.5 Å². The van der Waals surface area contributed by atoms with Gasteiger partial charge in [-0.15, -0.1) is 0 Å². The van der Waals surface area contributed by atoms with Crippen LogP contribution in [0.1, 0.15) is 10.4 Å². The zero-order chi connectivity index (χ0) is 16.1. The SMILES string of the molecule is O=C(COC(=O)c1ccc(O)cc1O)Nc1cccc(I)c1. The lowest BCUT2D eigenvalue weighted by Gasteiger charge is -2.08. The highest BCUT2D eigenvalue weighted by atomic mass is 127. The molecule has 0 spiro atoms. The first-order valence-corrected chi connectivity index (χ1v) is 7.28. The number of amides is 1. The Morgan fingerprint density at radius 3 is 2.59 bits per heavy atom. The summed E-state index contributed by atoms with van der Waals surface area (Å²) in [4.78, 5) is 23.4. The van der Waals surface area contributed by atoms with E-state index in [0.717, 1.165) is 9.64 Å². The third kappa shape index (κ3) is 4.35. The molecule has 0 aromatic heterocycles. The number of aromatic hydroxyl groups is 2. The third-order valence-corrected chi connectivity index (χ3v) is 3.31. The molecule has 2 aromatic carbocycles. The first-order valence-electron chi connectivity index (χ1n) is 6.20. The van der Waals surface area contributed by atoms with Crippen molar-refractivity contribution >= 4 is 40.2 Å². The Bertz CT molecular complexity index is 717. The van der Waals surface area contributed by atoms with Gasteiger partial charge in [0.05, 0.1) is 0 Å². The number of phenolic OH excluding ortho intramolecular Hbond substituents is 2. The Hall–Kier alpha value is -2.29. The lowest BCUT2D eigenvalue weighted by molar-refractivity contribution is -0.119. The summed E-state index contributed by atoms with van der Waals surface area (Å²) in [7, 11) is 0. The van der Waals surface area contributed by atoms with Crippen molar-refractivity contribution in [2.45, 2.75) is 0 Å². The molecule has 0 fully saturated rings. The standard InChI is InChI=1S/C15H12INO5/c16-9-2-1-3-10(6-9)17-14(20)8-22-15(21)12-5-4-11(18)7-13(12)19/h1-7,18-19H,8H2,(H,17,20). The molecule has 0 aliphatic rings. The third-order valence-electron chi connectivity index (χ3n) is 2.64. The predicted molar refractivity (Wildman–Crippen MR) is 87.8 cm³/mol. The van der Waals surface area contributed by atoms with Gasteiger partial charge < -0.3 is 20.3 Å². The summed E-state index contributed by atoms with van der Waals surface area (Å²) in [5, 5.41) is 21.3. The van der Waals surface area contributed by atoms with E-state index in [0.29, 0.717) is 5.69 Å². The van der Waals surface area contributed by atoms with Crippen LogP contribution in [0.4, 0.5) is 5.69 Å². The highest BCUT2D eigenvalue weighted by molar-refractivity contribution is 14.1. The minimum atomic E-state index is -0.852. The topological polar surface area (TPSA) is 95.9 Å². The molecule has 2 rings (SSSR count). The van der Waals surface area contributed by atoms with E-state index < -0.39 is 24.2 Å². The number of hydrogen-bond donors (Lipinski definition) is 3. The molecule has 0 heterocycles. The average Bonchev–Trinajstić information content (AvgIpc) is 2.45. The van der Waals surface area contributed by atoms with Crippen molar-refractivity contribution in [2.24, 2.45) is 0 Å². The molecule has 0 unspecified atom stereocenters. The lowest BCUT2D eigenvalue weighted by Crippen LogP contribution is -2.21. The largest absolute Gasteiger partial charge is 0.508 e. The van der Waals surface area contributed by atoms with Crippen molar-refractivity contribution in [3.63, 3.8) is 0 Å². The number of esters is 1. The van der Waals surface area contributed by atoms with Gasteiger partial charge in [-0.3, -0.25) is 4.79 Å². The molecule has 6 nitrogen and oxygen atoms in total. The summed E-state index contributed by atoms with van der Waals surface area (Å²) >= 11 is 2.11.